The molecule has 4 nitrogen and oxygen atoms in total. The van der Waals surface area contributed by atoms with Gasteiger partial charge in [0.15, 0.2) is 0 Å². The maximum atomic E-state index is 14.5. The van der Waals surface area contributed by atoms with Crippen LogP contribution in [0.4, 0.5) is 22.0 Å². The Hall–Kier alpha value is -4.45. The van der Waals surface area contributed by atoms with Gasteiger partial charge in [-0.15, -0.1) is 0 Å². The fraction of sp³-hybridized carbons (Fsp3) is 0.143. The molecule has 0 aliphatic carbocycles. The maximum Gasteiger partial charge on any atom is 0.458 e. The van der Waals surface area contributed by atoms with Gasteiger partial charge in [0, 0.05) is 0 Å². The number of hydrogen-bond donors (Lipinski definition) is 0. The molecular formula is C28H19F5N2O2. The molecule has 188 valence electrons. The predicted octanol–water partition coefficient (Wildman–Crippen LogP) is 7.19. The highest BCUT2D eigenvalue weighted by molar-refractivity contribution is 5.64. The van der Waals surface area contributed by atoms with Gasteiger partial charge in [-0.2, -0.15) is 27.2 Å². The lowest BCUT2D eigenvalue weighted by atomic mass is 9.98. The number of aromatic nitrogens is 1. The molecule has 0 aliphatic rings. The Morgan fingerprint density at radius 3 is 2.05 bits per heavy atom. The minimum Gasteiger partial charge on any atom is -0.457 e. The van der Waals surface area contributed by atoms with Crippen LogP contribution < -0.4 is 10.3 Å². The van der Waals surface area contributed by atoms with Gasteiger partial charge in [0.05, 0.1) is 17.8 Å². The standard InChI is InChI=1S/C28H19F5N2O2/c1-18-7-5-6-8-20(18)17-35-25(15-24(23(16-34)26(35)36)27(29,30)28(31,32)33)19-11-13-22(14-12-19)37-21-9-3-2-4-10-21/h2-15H,17H2,1H3. The number of pyridine rings is 1. The zero-order chi connectivity index (χ0) is 26.8. The minimum atomic E-state index is -6.00. The third-order valence-corrected chi connectivity index (χ3v) is 5.83. The molecule has 0 aliphatic heterocycles. The number of halogens is 5. The molecule has 0 saturated carbocycles. The van der Waals surface area contributed by atoms with E-state index < -0.39 is 28.8 Å². The highest BCUT2D eigenvalue weighted by atomic mass is 19.4. The monoisotopic (exact) mass is 510 g/mol. The largest absolute Gasteiger partial charge is 0.458 e. The normalized spacial score (nSPS) is 11.7. The van der Waals surface area contributed by atoms with Crippen LogP contribution in [-0.2, 0) is 12.5 Å². The first-order valence-corrected chi connectivity index (χ1v) is 11.0. The molecule has 4 rings (SSSR count). The molecular weight excluding hydrogens is 491 g/mol. The quantitative estimate of drug-likeness (QED) is 0.258. The van der Waals surface area contributed by atoms with Crippen molar-refractivity contribution in [1.82, 2.24) is 4.57 Å². The van der Waals surface area contributed by atoms with Gasteiger partial charge in [0.1, 0.15) is 23.1 Å². The van der Waals surface area contributed by atoms with Gasteiger partial charge >= 0.3 is 12.1 Å². The Bertz CT molecular complexity index is 1520. The van der Waals surface area contributed by atoms with Crippen molar-refractivity contribution in [3.63, 3.8) is 0 Å². The lowest BCUT2D eigenvalue weighted by molar-refractivity contribution is -0.289. The molecule has 1 heterocycles. The molecule has 0 amide bonds. The average molecular weight is 510 g/mol. The third-order valence-electron chi connectivity index (χ3n) is 5.83. The number of nitrogens with zero attached hydrogens (tertiary/aromatic N) is 2. The van der Waals surface area contributed by atoms with Gasteiger partial charge in [0.25, 0.3) is 5.56 Å². The number of hydrogen-bond acceptors (Lipinski definition) is 3. The molecule has 37 heavy (non-hydrogen) atoms. The number of para-hydroxylation sites is 1. The van der Waals surface area contributed by atoms with Crippen LogP contribution in [0.1, 0.15) is 22.3 Å². The summed E-state index contributed by atoms with van der Waals surface area (Å²) in [5.41, 5.74) is -2.79. The summed E-state index contributed by atoms with van der Waals surface area (Å²) in [7, 11) is 0. The van der Waals surface area contributed by atoms with Crippen molar-refractivity contribution in [2.45, 2.75) is 25.6 Å². The van der Waals surface area contributed by atoms with Crippen LogP contribution in [0.3, 0.4) is 0 Å². The van der Waals surface area contributed by atoms with Gasteiger partial charge in [-0.25, -0.2) is 0 Å². The van der Waals surface area contributed by atoms with Crippen LogP contribution in [-0.4, -0.2) is 10.7 Å². The van der Waals surface area contributed by atoms with E-state index in [9.17, 15) is 32.0 Å². The van der Waals surface area contributed by atoms with E-state index in [4.69, 9.17) is 4.74 Å². The molecule has 0 unspecified atom stereocenters. The number of aryl methyl sites for hydroxylation is 1. The van der Waals surface area contributed by atoms with Crippen molar-refractivity contribution in [2.75, 3.05) is 0 Å². The SMILES string of the molecule is Cc1ccccc1Cn1c(-c2ccc(Oc3ccccc3)cc2)cc(C(F)(F)C(F)(F)F)c(C#N)c1=O. The van der Waals surface area contributed by atoms with E-state index in [-0.39, 0.29) is 17.8 Å². The summed E-state index contributed by atoms with van der Waals surface area (Å²) in [6, 6.07) is 23.5. The van der Waals surface area contributed by atoms with Gasteiger partial charge in [-0.1, -0.05) is 42.5 Å². The minimum absolute atomic E-state index is 0.143. The Labute approximate surface area is 208 Å². The number of alkyl halides is 5. The lowest BCUT2D eigenvalue weighted by Gasteiger charge is -2.23. The average Bonchev–Trinajstić information content (AvgIpc) is 2.86. The van der Waals surface area contributed by atoms with Crippen molar-refractivity contribution in [2.24, 2.45) is 0 Å². The first kappa shape index (κ1) is 25.6. The molecule has 0 atom stereocenters. The van der Waals surface area contributed by atoms with E-state index in [1.54, 1.807) is 55.5 Å². The van der Waals surface area contributed by atoms with Crippen LogP contribution in [0.2, 0.25) is 0 Å². The first-order chi connectivity index (χ1) is 17.5. The van der Waals surface area contributed by atoms with Gasteiger partial charge in [-0.3, -0.25) is 4.79 Å². The number of nitriles is 1. The Balaban J connectivity index is 1.90. The summed E-state index contributed by atoms with van der Waals surface area (Å²) in [6.07, 6.45) is -6.00. The van der Waals surface area contributed by atoms with Crippen LogP contribution in [0.15, 0.2) is 89.7 Å². The van der Waals surface area contributed by atoms with E-state index in [2.05, 4.69) is 0 Å². The van der Waals surface area contributed by atoms with Crippen molar-refractivity contribution in [3.8, 4) is 28.8 Å². The van der Waals surface area contributed by atoms with E-state index in [0.29, 0.717) is 23.1 Å². The number of ether oxygens (including phenoxy) is 1. The van der Waals surface area contributed by atoms with Crippen molar-refractivity contribution >= 4 is 0 Å². The van der Waals surface area contributed by atoms with E-state index in [1.807, 2.05) is 6.07 Å². The second-order valence-corrected chi connectivity index (χ2v) is 8.26. The molecule has 0 radical (unpaired) electrons. The highest BCUT2D eigenvalue weighted by Gasteiger charge is 2.60. The summed E-state index contributed by atoms with van der Waals surface area (Å²) >= 11 is 0. The Morgan fingerprint density at radius 2 is 1.46 bits per heavy atom. The van der Waals surface area contributed by atoms with Crippen LogP contribution in [0.25, 0.3) is 11.3 Å². The molecule has 0 bridgehead atoms. The summed E-state index contributed by atoms with van der Waals surface area (Å²) < 4.78 is 75.5. The van der Waals surface area contributed by atoms with Gasteiger partial charge in [0.2, 0.25) is 0 Å². The predicted molar refractivity (Wildman–Crippen MR) is 128 cm³/mol. The van der Waals surface area contributed by atoms with Crippen molar-refractivity contribution in [1.29, 1.82) is 5.26 Å². The third kappa shape index (κ3) is 5.09. The van der Waals surface area contributed by atoms with Crippen LogP contribution in [0, 0.1) is 18.3 Å². The maximum absolute atomic E-state index is 14.5. The molecule has 0 saturated heterocycles. The second kappa shape index (κ2) is 9.90. The summed E-state index contributed by atoms with van der Waals surface area (Å²) in [5, 5.41) is 9.43. The second-order valence-electron chi connectivity index (χ2n) is 8.26. The molecule has 0 N–H and O–H groups in total. The topological polar surface area (TPSA) is 55.0 Å². The van der Waals surface area contributed by atoms with E-state index in [1.165, 1.54) is 30.3 Å². The molecule has 3 aromatic carbocycles. The number of rotatable bonds is 6. The van der Waals surface area contributed by atoms with Crippen LogP contribution >= 0.6 is 0 Å². The van der Waals surface area contributed by atoms with Crippen LogP contribution in [0.5, 0.6) is 11.5 Å². The van der Waals surface area contributed by atoms with Gasteiger partial charge < -0.3 is 9.30 Å². The molecule has 0 fully saturated rings. The molecule has 4 aromatic rings. The summed E-state index contributed by atoms with van der Waals surface area (Å²) in [4.78, 5) is 13.2. The van der Waals surface area contributed by atoms with Gasteiger partial charge in [-0.05, 0) is 66.1 Å². The molecule has 1 aromatic heterocycles. The Kier molecular flexibility index (Phi) is 6.86. The molecule has 0 spiro atoms. The first-order valence-electron chi connectivity index (χ1n) is 11.0. The smallest absolute Gasteiger partial charge is 0.457 e. The van der Waals surface area contributed by atoms with Crippen molar-refractivity contribution in [3.05, 3.63) is 118 Å². The zero-order valence-electron chi connectivity index (χ0n) is 19.4. The fourth-order valence-electron chi connectivity index (χ4n) is 3.83. The fourth-order valence-corrected chi connectivity index (χ4v) is 3.83. The summed E-state index contributed by atoms with van der Waals surface area (Å²) in [6.45, 7) is 1.63. The lowest BCUT2D eigenvalue weighted by Crippen LogP contribution is -2.38. The van der Waals surface area contributed by atoms with E-state index >= 15 is 0 Å². The van der Waals surface area contributed by atoms with Crippen molar-refractivity contribution < 1.29 is 26.7 Å². The van der Waals surface area contributed by atoms with E-state index in [0.717, 1.165) is 10.1 Å². The number of benzene rings is 3. The molecule has 9 heteroatoms. The highest BCUT2D eigenvalue weighted by Crippen LogP contribution is 2.45. The zero-order valence-corrected chi connectivity index (χ0v) is 19.4. The Morgan fingerprint density at radius 1 is 0.865 bits per heavy atom. The summed E-state index contributed by atoms with van der Waals surface area (Å²) in [5.74, 6) is -4.49.